The minimum Gasteiger partial charge on any atom is -0.256 e. The molecule has 4 aromatic rings. The van der Waals surface area contributed by atoms with E-state index in [0.717, 1.165) is 5.69 Å². The standard InChI is InChI=1S/C18H15N2S/c1-12-11-13(2)20-15-8-3-4-9-16(15)21-18(20)17(12)14-7-5-6-10-19-14/h3-11H,1-2H3/q+1. The molecule has 0 spiro atoms. The van der Waals surface area contributed by atoms with Gasteiger partial charge in [-0.1, -0.05) is 29.5 Å². The van der Waals surface area contributed by atoms with Crippen LogP contribution < -0.4 is 4.40 Å². The molecule has 3 heteroatoms. The third kappa shape index (κ3) is 1.85. The molecular formula is C18H15N2S+. The van der Waals surface area contributed by atoms with Gasteiger partial charge in [-0.3, -0.25) is 4.98 Å². The summed E-state index contributed by atoms with van der Waals surface area (Å²) < 4.78 is 3.65. The summed E-state index contributed by atoms with van der Waals surface area (Å²) in [6.07, 6.45) is 1.86. The number of para-hydroxylation sites is 1. The first-order valence-corrected chi connectivity index (χ1v) is 7.82. The Bertz CT molecular complexity index is 955. The highest BCUT2D eigenvalue weighted by atomic mass is 32.1. The predicted octanol–water partition coefficient (Wildman–Crippen LogP) is 4.32. The Kier molecular flexibility index (Phi) is 2.76. The number of nitrogens with zero attached hydrogens (tertiary/aromatic N) is 2. The number of aryl methyl sites for hydroxylation is 2. The molecule has 21 heavy (non-hydrogen) atoms. The van der Waals surface area contributed by atoms with Gasteiger partial charge in [-0.05, 0) is 30.7 Å². The highest BCUT2D eigenvalue weighted by Gasteiger charge is 2.23. The molecule has 3 aromatic heterocycles. The highest BCUT2D eigenvalue weighted by molar-refractivity contribution is 7.23. The van der Waals surface area contributed by atoms with Gasteiger partial charge in [-0.25, -0.2) is 0 Å². The molecule has 0 saturated carbocycles. The number of aromatic nitrogens is 2. The number of hydrogen-bond acceptors (Lipinski definition) is 2. The van der Waals surface area contributed by atoms with Crippen LogP contribution in [0.25, 0.3) is 26.3 Å². The third-order valence-corrected chi connectivity index (χ3v) is 4.97. The maximum atomic E-state index is 4.55. The van der Waals surface area contributed by atoms with Gasteiger partial charge >= 0.3 is 0 Å². The van der Waals surface area contributed by atoms with Crippen molar-refractivity contribution in [1.82, 2.24) is 4.98 Å². The van der Waals surface area contributed by atoms with Gasteiger partial charge in [-0.15, -0.1) is 4.40 Å². The lowest BCUT2D eigenvalue weighted by molar-refractivity contribution is -0.485. The number of rotatable bonds is 1. The van der Waals surface area contributed by atoms with Crippen molar-refractivity contribution >= 4 is 26.4 Å². The zero-order valence-electron chi connectivity index (χ0n) is 12.0. The molecule has 0 atom stereocenters. The van der Waals surface area contributed by atoms with Crippen LogP contribution >= 0.6 is 11.3 Å². The Balaban J connectivity index is 2.21. The van der Waals surface area contributed by atoms with E-state index in [-0.39, 0.29) is 0 Å². The van der Waals surface area contributed by atoms with E-state index in [1.165, 1.54) is 31.9 Å². The number of benzene rings is 1. The van der Waals surface area contributed by atoms with E-state index < -0.39 is 0 Å². The minimum atomic E-state index is 1.04. The highest BCUT2D eigenvalue weighted by Crippen LogP contribution is 2.32. The average Bonchev–Trinajstić information content (AvgIpc) is 2.87. The largest absolute Gasteiger partial charge is 0.278 e. The van der Waals surface area contributed by atoms with Crippen molar-refractivity contribution in [3.63, 3.8) is 0 Å². The van der Waals surface area contributed by atoms with Gasteiger partial charge < -0.3 is 0 Å². The number of fused-ring (bicyclic) bond motifs is 3. The van der Waals surface area contributed by atoms with Crippen LogP contribution in [0.3, 0.4) is 0 Å². The molecule has 0 saturated heterocycles. The van der Waals surface area contributed by atoms with Crippen molar-refractivity contribution in [1.29, 1.82) is 0 Å². The van der Waals surface area contributed by atoms with Crippen LogP contribution in [-0.2, 0) is 0 Å². The van der Waals surface area contributed by atoms with Crippen LogP contribution in [-0.4, -0.2) is 4.98 Å². The van der Waals surface area contributed by atoms with Crippen LogP contribution in [0.4, 0.5) is 0 Å². The molecule has 0 fully saturated rings. The van der Waals surface area contributed by atoms with E-state index >= 15 is 0 Å². The molecule has 0 N–H and O–H groups in total. The van der Waals surface area contributed by atoms with E-state index in [0.29, 0.717) is 0 Å². The molecule has 0 unspecified atom stereocenters. The topological polar surface area (TPSA) is 17.0 Å². The first-order valence-electron chi connectivity index (χ1n) is 7.00. The monoisotopic (exact) mass is 291 g/mol. The van der Waals surface area contributed by atoms with Gasteiger partial charge in [0.2, 0.25) is 5.52 Å². The van der Waals surface area contributed by atoms with Crippen molar-refractivity contribution in [2.75, 3.05) is 0 Å². The quantitative estimate of drug-likeness (QED) is 0.477. The summed E-state index contributed by atoms with van der Waals surface area (Å²) >= 11 is 1.83. The van der Waals surface area contributed by atoms with Crippen LogP contribution in [0, 0.1) is 13.8 Å². The summed E-state index contributed by atoms with van der Waals surface area (Å²) in [5, 5.41) is 0. The molecule has 0 bridgehead atoms. The summed E-state index contributed by atoms with van der Waals surface area (Å²) in [5.41, 5.74) is 6.09. The van der Waals surface area contributed by atoms with Crippen molar-refractivity contribution in [2.24, 2.45) is 0 Å². The SMILES string of the molecule is Cc1cc(C)[n+]2c(sc3ccccc32)c1-c1ccccn1. The Morgan fingerprint density at radius 2 is 1.81 bits per heavy atom. The van der Waals surface area contributed by atoms with E-state index in [4.69, 9.17) is 0 Å². The summed E-state index contributed by atoms with van der Waals surface area (Å²) in [6.45, 7) is 4.34. The lowest BCUT2D eigenvalue weighted by Gasteiger charge is -2.04. The smallest absolute Gasteiger partial charge is 0.256 e. The first-order chi connectivity index (χ1) is 10.3. The van der Waals surface area contributed by atoms with Crippen molar-refractivity contribution < 1.29 is 4.40 Å². The molecular weight excluding hydrogens is 276 g/mol. The minimum absolute atomic E-state index is 1.04. The predicted molar refractivity (Wildman–Crippen MR) is 87.7 cm³/mol. The third-order valence-electron chi connectivity index (χ3n) is 3.82. The maximum Gasteiger partial charge on any atom is 0.278 e. The van der Waals surface area contributed by atoms with Crippen LogP contribution in [0.1, 0.15) is 11.3 Å². The molecule has 102 valence electrons. The average molecular weight is 291 g/mol. The zero-order chi connectivity index (χ0) is 14.4. The number of pyridine rings is 2. The number of thiazole rings is 1. The number of hydrogen-bond donors (Lipinski definition) is 0. The second-order valence-electron chi connectivity index (χ2n) is 5.27. The fraction of sp³-hybridized carbons (Fsp3) is 0.111. The Hall–Kier alpha value is -2.26. The van der Waals surface area contributed by atoms with Crippen LogP contribution in [0.2, 0.25) is 0 Å². The molecule has 0 radical (unpaired) electrons. The normalized spacial score (nSPS) is 11.3. The molecule has 0 aliphatic carbocycles. The first kappa shape index (κ1) is 12.5. The summed E-state index contributed by atoms with van der Waals surface area (Å²) in [4.78, 5) is 5.82. The van der Waals surface area contributed by atoms with Gasteiger partial charge in [-0.2, -0.15) is 0 Å². The summed E-state index contributed by atoms with van der Waals surface area (Å²) in [7, 11) is 0. The van der Waals surface area contributed by atoms with Gasteiger partial charge in [0.1, 0.15) is 4.70 Å². The zero-order valence-corrected chi connectivity index (χ0v) is 12.8. The fourth-order valence-corrected chi connectivity index (χ4v) is 4.26. The second kappa shape index (κ2) is 4.64. The molecule has 2 nitrogen and oxygen atoms in total. The van der Waals surface area contributed by atoms with Gasteiger partial charge in [0.15, 0.2) is 5.69 Å². The molecule has 4 rings (SSSR count). The Morgan fingerprint density at radius 3 is 2.62 bits per heavy atom. The van der Waals surface area contributed by atoms with Gasteiger partial charge in [0, 0.05) is 25.3 Å². The fourth-order valence-electron chi connectivity index (χ4n) is 2.94. The molecule has 1 aromatic carbocycles. The van der Waals surface area contributed by atoms with Crippen LogP contribution in [0.5, 0.6) is 0 Å². The lowest BCUT2D eigenvalue weighted by atomic mass is 10.1. The maximum absolute atomic E-state index is 4.55. The van der Waals surface area contributed by atoms with E-state index in [9.17, 15) is 0 Å². The van der Waals surface area contributed by atoms with Crippen molar-refractivity contribution in [3.05, 3.63) is 66.0 Å². The van der Waals surface area contributed by atoms with Crippen molar-refractivity contribution in [2.45, 2.75) is 13.8 Å². The lowest BCUT2D eigenvalue weighted by Crippen LogP contribution is -2.24. The Morgan fingerprint density at radius 1 is 1.00 bits per heavy atom. The van der Waals surface area contributed by atoms with E-state index in [1.807, 2.05) is 29.7 Å². The summed E-state index contributed by atoms with van der Waals surface area (Å²) in [5.74, 6) is 0. The van der Waals surface area contributed by atoms with Gasteiger partial charge in [0.05, 0.1) is 11.3 Å². The molecule has 0 aliphatic heterocycles. The summed E-state index contributed by atoms with van der Waals surface area (Å²) in [6, 6.07) is 16.9. The second-order valence-corrected chi connectivity index (χ2v) is 6.30. The van der Waals surface area contributed by atoms with Crippen LogP contribution in [0.15, 0.2) is 54.7 Å². The van der Waals surface area contributed by atoms with Gasteiger partial charge in [0.25, 0.3) is 4.83 Å². The molecule has 0 amide bonds. The van der Waals surface area contributed by atoms with E-state index in [1.54, 1.807) is 0 Å². The van der Waals surface area contributed by atoms with E-state index in [2.05, 4.69) is 59.6 Å². The Labute approximate surface area is 127 Å². The molecule has 0 aliphatic rings. The van der Waals surface area contributed by atoms with Crippen molar-refractivity contribution in [3.8, 4) is 11.3 Å². The molecule has 3 heterocycles.